The second-order valence-corrected chi connectivity index (χ2v) is 6.24. The molecular weight excluding hydrogens is 278 g/mol. The molecule has 1 aliphatic rings. The zero-order valence-corrected chi connectivity index (χ0v) is 13.0. The van der Waals surface area contributed by atoms with Gasteiger partial charge in [0.1, 0.15) is 0 Å². The fraction of sp³-hybridized carbons (Fsp3) is 0.278. The van der Waals surface area contributed by atoms with E-state index in [-0.39, 0.29) is 5.91 Å². The Morgan fingerprint density at radius 3 is 2.81 bits per heavy atom. The molecule has 0 fully saturated rings. The van der Waals surface area contributed by atoms with Crippen molar-refractivity contribution in [2.24, 2.45) is 0 Å². The summed E-state index contributed by atoms with van der Waals surface area (Å²) >= 11 is 1.65. The van der Waals surface area contributed by atoms with Crippen LogP contribution in [0, 0.1) is 0 Å². The number of carbonyl (C=O) groups is 1. The zero-order chi connectivity index (χ0) is 14.7. The maximum Gasteiger partial charge on any atom is 0.225 e. The van der Waals surface area contributed by atoms with Crippen LogP contribution in [0.5, 0.6) is 0 Å². The lowest BCUT2D eigenvalue weighted by atomic mass is 9.97. The molecule has 0 heterocycles. The molecule has 0 aliphatic heterocycles. The molecule has 2 aromatic carbocycles. The molecule has 108 valence electrons. The van der Waals surface area contributed by atoms with Gasteiger partial charge in [0.2, 0.25) is 5.91 Å². The molecule has 0 aromatic heterocycles. The van der Waals surface area contributed by atoms with Gasteiger partial charge in [0.05, 0.1) is 5.69 Å². The summed E-state index contributed by atoms with van der Waals surface area (Å²) in [4.78, 5) is 13.4. The molecule has 0 spiro atoms. The molecule has 2 aromatic rings. The molecule has 2 nitrogen and oxygen atoms in total. The summed E-state index contributed by atoms with van der Waals surface area (Å²) in [7, 11) is 0. The van der Waals surface area contributed by atoms with Crippen LogP contribution in [0.15, 0.2) is 53.4 Å². The van der Waals surface area contributed by atoms with Crippen molar-refractivity contribution in [2.45, 2.75) is 30.1 Å². The van der Waals surface area contributed by atoms with E-state index in [0.717, 1.165) is 23.4 Å². The fourth-order valence-corrected chi connectivity index (χ4v) is 3.58. The Labute approximate surface area is 130 Å². The van der Waals surface area contributed by atoms with Crippen molar-refractivity contribution in [1.29, 1.82) is 0 Å². The Kier molecular flexibility index (Phi) is 4.30. The third-order valence-corrected chi connectivity index (χ3v) is 4.87. The molecule has 0 saturated heterocycles. The van der Waals surface area contributed by atoms with E-state index in [0.29, 0.717) is 12.3 Å². The number of hydrogen-bond donors (Lipinski definition) is 1. The van der Waals surface area contributed by atoms with Crippen molar-refractivity contribution >= 4 is 23.4 Å². The van der Waals surface area contributed by atoms with Crippen LogP contribution in [-0.2, 0) is 11.2 Å². The highest BCUT2D eigenvalue weighted by Crippen LogP contribution is 2.35. The van der Waals surface area contributed by atoms with Gasteiger partial charge < -0.3 is 5.32 Å². The summed E-state index contributed by atoms with van der Waals surface area (Å²) in [5, 5.41) is 3.06. The highest BCUT2D eigenvalue weighted by Gasteiger charge is 2.24. The van der Waals surface area contributed by atoms with Crippen molar-refractivity contribution in [1.82, 2.24) is 0 Å². The summed E-state index contributed by atoms with van der Waals surface area (Å²) in [6.45, 7) is 0. The summed E-state index contributed by atoms with van der Waals surface area (Å²) in [6, 6.07) is 16.4. The molecule has 21 heavy (non-hydrogen) atoms. The number of thioether (sulfide) groups is 1. The molecule has 3 rings (SSSR count). The van der Waals surface area contributed by atoms with E-state index in [4.69, 9.17) is 0 Å². The Hall–Kier alpha value is -1.74. The van der Waals surface area contributed by atoms with Crippen LogP contribution >= 0.6 is 11.8 Å². The third-order valence-electron chi connectivity index (χ3n) is 4.07. The zero-order valence-electron chi connectivity index (χ0n) is 12.1. The van der Waals surface area contributed by atoms with E-state index >= 15 is 0 Å². The molecule has 1 aliphatic carbocycles. The van der Waals surface area contributed by atoms with Gasteiger partial charge in [0, 0.05) is 11.3 Å². The first-order valence-electron chi connectivity index (χ1n) is 7.28. The van der Waals surface area contributed by atoms with E-state index < -0.39 is 0 Å². The van der Waals surface area contributed by atoms with Crippen LogP contribution in [0.25, 0.3) is 0 Å². The number of aryl methyl sites for hydroxylation is 1. The third kappa shape index (κ3) is 3.13. The van der Waals surface area contributed by atoms with E-state index in [1.807, 2.05) is 30.5 Å². The standard InChI is InChI=1S/C18H19NOS/c1-21-17-9-5-4-8-16(17)19-18(20)12-14-11-10-13-6-2-3-7-15(13)14/h2-9,14H,10-12H2,1H3,(H,19,20). The maximum atomic E-state index is 12.3. The van der Waals surface area contributed by atoms with E-state index in [1.54, 1.807) is 11.8 Å². The molecule has 3 heteroatoms. The van der Waals surface area contributed by atoms with Crippen molar-refractivity contribution in [2.75, 3.05) is 11.6 Å². The summed E-state index contributed by atoms with van der Waals surface area (Å²) < 4.78 is 0. The summed E-state index contributed by atoms with van der Waals surface area (Å²) in [6.07, 6.45) is 4.77. The van der Waals surface area contributed by atoms with Crippen molar-refractivity contribution in [3.05, 3.63) is 59.7 Å². The largest absolute Gasteiger partial charge is 0.325 e. The Morgan fingerprint density at radius 1 is 1.19 bits per heavy atom. The average Bonchev–Trinajstić information content (AvgIpc) is 2.91. The number of nitrogens with one attached hydrogen (secondary N) is 1. The summed E-state index contributed by atoms with van der Waals surface area (Å²) in [5.74, 6) is 0.473. The van der Waals surface area contributed by atoms with Gasteiger partial charge in [-0.2, -0.15) is 0 Å². The van der Waals surface area contributed by atoms with Gasteiger partial charge in [0.25, 0.3) is 0 Å². The van der Waals surface area contributed by atoms with Gasteiger partial charge in [0.15, 0.2) is 0 Å². The Balaban J connectivity index is 1.68. The number of anilines is 1. The second kappa shape index (κ2) is 6.35. The molecule has 0 bridgehead atoms. The normalized spacial score (nSPS) is 16.5. The topological polar surface area (TPSA) is 29.1 Å². The Morgan fingerprint density at radius 2 is 1.95 bits per heavy atom. The number of fused-ring (bicyclic) bond motifs is 1. The van der Waals surface area contributed by atoms with Gasteiger partial charge in [-0.3, -0.25) is 4.79 Å². The van der Waals surface area contributed by atoms with Crippen molar-refractivity contribution in [3.63, 3.8) is 0 Å². The minimum Gasteiger partial charge on any atom is -0.325 e. The van der Waals surface area contributed by atoms with Gasteiger partial charge in [-0.1, -0.05) is 36.4 Å². The fourth-order valence-electron chi connectivity index (χ4n) is 3.03. The molecular formula is C18H19NOS. The molecule has 0 radical (unpaired) electrons. The first-order chi connectivity index (χ1) is 10.3. The van der Waals surface area contributed by atoms with Crippen LogP contribution < -0.4 is 5.32 Å². The molecule has 1 unspecified atom stereocenters. The lowest BCUT2D eigenvalue weighted by molar-refractivity contribution is -0.116. The van der Waals surface area contributed by atoms with E-state index in [9.17, 15) is 4.79 Å². The molecule has 1 amide bonds. The number of carbonyl (C=O) groups excluding carboxylic acids is 1. The predicted octanol–water partition coefficient (Wildman–Crippen LogP) is 4.47. The first kappa shape index (κ1) is 14.2. The van der Waals surface area contributed by atoms with Gasteiger partial charge in [-0.05, 0) is 48.3 Å². The SMILES string of the molecule is CSc1ccccc1NC(=O)CC1CCc2ccccc21. The van der Waals surface area contributed by atoms with Gasteiger partial charge in [-0.25, -0.2) is 0 Å². The highest BCUT2D eigenvalue weighted by molar-refractivity contribution is 7.98. The lowest BCUT2D eigenvalue weighted by Crippen LogP contribution is -2.15. The molecule has 0 saturated carbocycles. The van der Waals surface area contributed by atoms with Crippen molar-refractivity contribution in [3.8, 4) is 0 Å². The summed E-state index contributed by atoms with van der Waals surface area (Å²) in [5.41, 5.74) is 3.67. The van der Waals surface area contributed by atoms with E-state index in [1.165, 1.54) is 11.1 Å². The van der Waals surface area contributed by atoms with Gasteiger partial charge in [-0.15, -0.1) is 11.8 Å². The smallest absolute Gasteiger partial charge is 0.225 e. The lowest BCUT2D eigenvalue weighted by Gasteiger charge is -2.13. The van der Waals surface area contributed by atoms with Gasteiger partial charge >= 0.3 is 0 Å². The number of hydrogen-bond acceptors (Lipinski definition) is 2. The van der Waals surface area contributed by atoms with E-state index in [2.05, 4.69) is 29.6 Å². The number of benzene rings is 2. The second-order valence-electron chi connectivity index (χ2n) is 5.39. The average molecular weight is 297 g/mol. The quantitative estimate of drug-likeness (QED) is 0.844. The molecule has 1 atom stereocenters. The minimum absolute atomic E-state index is 0.109. The number of para-hydroxylation sites is 1. The predicted molar refractivity (Wildman–Crippen MR) is 89.0 cm³/mol. The van der Waals surface area contributed by atoms with Crippen LogP contribution in [0.1, 0.15) is 29.9 Å². The number of rotatable bonds is 4. The number of amides is 1. The minimum atomic E-state index is 0.109. The maximum absolute atomic E-state index is 12.3. The van der Waals surface area contributed by atoms with Crippen LogP contribution in [0.3, 0.4) is 0 Å². The van der Waals surface area contributed by atoms with Crippen molar-refractivity contribution < 1.29 is 4.79 Å². The first-order valence-corrected chi connectivity index (χ1v) is 8.51. The Bertz CT molecular complexity index is 653. The van der Waals surface area contributed by atoms with Crippen LogP contribution in [-0.4, -0.2) is 12.2 Å². The monoisotopic (exact) mass is 297 g/mol. The molecule has 1 N–H and O–H groups in total. The van der Waals surface area contributed by atoms with Crippen LogP contribution in [0.4, 0.5) is 5.69 Å². The highest BCUT2D eigenvalue weighted by atomic mass is 32.2. The van der Waals surface area contributed by atoms with Crippen LogP contribution in [0.2, 0.25) is 0 Å².